The zero-order valence-electron chi connectivity index (χ0n) is 14.2. The molecule has 1 heterocycles. The fourth-order valence-electron chi connectivity index (χ4n) is 2.22. The van der Waals surface area contributed by atoms with E-state index in [4.69, 9.17) is 4.52 Å². The molecule has 26 heavy (non-hydrogen) atoms. The van der Waals surface area contributed by atoms with Gasteiger partial charge >= 0.3 is 0 Å². The van der Waals surface area contributed by atoms with Crippen molar-refractivity contribution in [3.63, 3.8) is 0 Å². The van der Waals surface area contributed by atoms with E-state index in [0.29, 0.717) is 24.0 Å². The molecule has 0 spiro atoms. The lowest BCUT2D eigenvalue weighted by atomic mass is 10.1. The summed E-state index contributed by atoms with van der Waals surface area (Å²) >= 11 is 1.39. The minimum Gasteiger partial charge on any atom is -0.351 e. The largest absolute Gasteiger partial charge is 0.351 e. The van der Waals surface area contributed by atoms with E-state index in [1.807, 2.05) is 31.2 Å². The molecule has 0 saturated heterocycles. The maximum Gasteiger partial charge on any atom is 0.236 e. The number of hydrogen-bond donors (Lipinski definition) is 1. The van der Waals surface area contributed by atoms with Crippen molar-refractivity contribution in [2.24, 2.45) is 0 Å². The zero-order valence-corrected chi connectivity index (χ0v) is 15.1. The summed E-state index contributed by atoms with van der Waals surface area (Å²) in [7, 11) is 0. The number of nitrogens with zero attached hydrogens (tertiary/aromatic N) is 2. The van der Waals surface area contributed by atoms with E-state index in [-0.39, 0.29) is 17.5 Å². The molecule has 5 nitrogen and oxygen atoms in total. The average molecular weight is 371 g/mol. The smallest absolute Gasteiger partial charge is 0.236 e. The van der Waals surface area contributed by atoms with Crippen molar-refractivity contribution in [2.75, 3.05) is 5.75 Å². The van der Waals surface area contributed by atoms with Crippen LogP contribution in [0.2, 0.25) is 0 Å². The van der Waals surface area contributed by atoms with Crippen LogP contribution < -0.4 is 5.32 Å². The van der Waals surface area contributed by atoms with Gasteiger partial charge in [0.2, 0.25) is 17.6 Å². The highest BCUT2D eigenvalue weighted by Crippen LogP contribution is 2.18. The second-order valence-electron chi connectivity index (χ2n) is 5.77. The summed E-state index contributed by atoms with van der Waals surface area (Å²) < 4.78 is 18.1. The highest BCUT2D eigenvalue weighted by atomic mass is 32.2. The first kappa shape index (κ1) is 18.1. The van der Waals surface area contributed by atoms with Crippen LogP contribution in [-0.2, 0) is 17.1 Å². The number of aryl methyl sites for hydroxylation is 1. The Morgan fingerprint density at radius 3 is 2.62 bits per heavy atom. The summed E-state index contributed by atoms with van der Waals surface area (Å²) in [4.78, 5) is 16.2. The summed E-state index contributed by atoms with van der Waals surface area (Å²) in [5.41, 5.74) is 2.91. The predicted molar refractivity (Wildman–Crippen MR) is 98.9 cm³/mol. The minimum absolute atomic E-state index is 0.0994. The Labute approximate surface area is 155 Å². The van der Waals surface area contributed by atoms with E-state index in [1.165, 1.54) is 29.5 Å². The van der Waals surface area contributed by atoms with Gasteiger partial charge in [0.05, 0.1) is 11.5 Å². The summed E-state index contributed by atoms with van der Waals surface area (Å²) in [6, 6.07) is 13.9. The Kier molecular flexibility index (Phi) is 6.01. The fourth-order valence-corrected chi connectivity index (χ4v) is 2.90. The van der Waals surface area contributed by atoms with Gasteiger partial charge < -0.3 is 9.84 Å². The van der Waals surface area contributed by atoms with E-state index in [1.54, 1.807) is 12.1 Å². The normalized spacial score (nSPS) is 10.7. The van der Waals surface area contributed by atoms with Gasteiger partial charge in [-0.2, -0.15) is 4.98 Å². The van der Waals surface area contributed by atoms with E-state index < -0.39 is 0 Å². The van der Waals surface area contributed by atoms with E-state index >= 15 is 0 Å². The maximum atomic E-state index is 12.8. The summed E-state index contributed by atoms with van der Waals surface area (Å²) in [5, 5.41) is 6.76. The molecule has 134 valence electrons. The lowest BCUT2D eigenvalue weighted by Crippen LogP contribution is -2.24. The molecule has 0 aliphatic heterocycles. The number of hydrogen-bond acceptors (Lipinski definition) is 5. The first-order chi connectivity index (χ1) is 12.6. The molecule has 0 atom stereocenters. The highest BCUT2D eigenvalue weighted by Gasteiger charge is 2.10. The van der Waals surface area contributed by atoms with Crippen LogP contribution in [0.25, 0.3) is 11.4 Å². The van der Waals surface area contributed by atoms with Crippen molar-refractivity contribution >= 4 is 17.7 Å². The zero-order chi connectivity index (χ0) is 18.4. The molecule has 3 aromatic rings. The van der Waals surface area contributed by atoms with Gasteiger partial charge in [0.25, 0.3) is 0 Å². The van der Waals surface area contributed by atoms with Crippen LogP contribution >= 0.6 is 11.8 Å². The number of rotatable bonds is 7. The molecule has 0 fully saturated rings. The lowest BCUT2D eigenvalue weighted by Gasteiger charge is -2.04. The molecule has 0 aliphatic carbocycles. The van der Waals surface area contributed by atoms with Crippen molar-refractivity contribution in [2.45, 2.75) is 19.2 Å². The molecule has 2 aromatic carbocycles. The Morgan fingerprint density at radius 1 is 1.15 bits per heavy atom. The SMILES string of the molecule is Cc1ccc(-c2noc(CSCC(=O)NCc3ccc(F)cc3)n2)cc1. The van der Waals surface area contributed by atoms with Gasteiger partial charge in [-0.05, 0) is 24.6 Å². The third-order valence-electron chi connectivity index (χ3n) is 3.64. The molecule has 7 heteroatoms. The van der Waals surface area contributed by atoms with E-state index in [2.05, 4.69) is 15.5 Å². The van der Waals surface area contributed by atoms with Crippen molar-refractivity contribution in [1.29, 1.82) is 0 Å². The number of amides is 1. The van der Waals surface area contributed by atoms with Crippen LogP contribution in [0.3, 0.4) is 0 Å². The van der Waals surface area contributed by atoms with Crippen LogP contribution in [0, 0.1) is 12.7 Å². The molecular formula is C19H18FN3O2S. The first-order valence-electron chi connectivity index (χ1n) is 8.08. The third-order valence-corrected chi connectivity index (χ3v) is 4.56. The quantitative estimate of drug-likeness (QED) is 0.685. The molecule has 0 radical (unpaired) electrons. The predicted octanol–water partition coefficient (Wildman–Crippen LogP) is 3.73. The van der Waals surface area contributed by atoms with E-state index in [0.717, 1.165) is 11.1 Å². The van der Waals surface area contributed by atoms with Gasteiger partial charge in [-0.1, -0.05) is 47.1 Å². The standard InChI is InChI=1S/C19H18FN3O2S/c1-13-2-6-15(7-3-13)19-22-18(25-23-19)12-26-11-17(24)21-10-14-4-8-16(20)9-5-14/h2-9H,10-12H2,1H3,(H,21,24). The number of nitrogens with one attached hydrogen (secondary N) is 1. The summed E-state index contributed by atoms with van der Waals surface area (Å²) in [5.74, 6) is 1.38. The highest BCUT2D eigenvalue weighted by molar-refractivity contribution is 7.99. The number of aromatic nitrogens is 2. The number of halogens is 1. The Morgan fingerprint density at radius 2 is 1.88 bits per heavy atom. The van der Waals surface area contributed by atoms with Gasteiger partial charge in [0, 0.05) is 12.1 Å². The number of benzene rings is 2. The van der Waals surface area contributed by atoms with Crippen molar-refractivity contribution in [3.8, 4) is 11.4 Å². The maximum absolute atomic E-state index is 12.8. The summed E-state index contributed by atoms with van der Waals surface area (Å²) in [6.45, 7) is 2.39. The second-order valence-corrected chi connectivity index (χ2v) is 6.76. The second kappa shape index (κ2) is 8.62. The molecule has 3 rings (SSSR count). The van der Waals surface area contributed by atoms with Gasteiger partial charge in [0.1, 0.15) is 5.82 Å². The van der Waals surface area contributed by atoms with Crippen LogP contribution in [0.1, 0.15) is 17.0 Å². The van der Waals surface area contributed by atoms with Gasteiger partial charge in [-0.3, -0.25) is 4.79 Å². The monoisotopic (exact) mass is 371 g/mol. The molecule has 0 saturated carbocycles. The number of carbonyl (C=O) groups excluding carboxylic acids is 1. The molecule has 1 N–H and O–H groups in total. The molecule has 1 aromatic heterocycles. The van der Waals surface area contributed by atoms with Crippen LogP contribution in [0.15, 0.2) is 53.1 Å². The first-order valence-corrected chi connectivity index (χ1v) is 9.24. The van der Waals surface area contributed by atoms with Crippen molar-refractivity contribution in [1.82, 2.24) is 15.5 Å². The topological polar surface area (TPSA) is 68.0 Å². The molecule has 0 aliphatic rings. The number of carbonyl (C=O) groups is 1. The molecule has 0 bridgehead atoms. The van der Waals surface area contributed by atoms with Gasteiger partial charge in [-0.25, -0.2) is 4.39 Å². The van der Waals surface area contributed by atoms with Crippen LogP contribution in [0.4, 0.5) is 4.39 Å². The van der Waals surface area contributed by atoms with Gasteiger partial charge in [0.15, 0.2) is 0 Å². The minimum atomic E-state index is -0.291. The van der Waals surface area contributed by atoms with E-state index in [9.17, 15) is 9.18 Å². The third kappa shape index (κ3) is 5.16. The van der Waals surface area contributed by atoms with Crippen LogP contribution in [0.5, 0.6) is 0 Å². The van der Waals surface area contributed by atoms with Gasteiger partial charge in [-0.15, -0.1) is 11.8 Å². The molecular weight excluding hydrogens is 353 g/mol. The Balaban J connectivity index is 1.42. The van der Waals surface area contributed by atoms with Crippen LogP contribution in [-0.4, -0.2) is 21.8 Å². The lowest BCUT2D eigenvalue weighted by molar-refractivity contribution is -0.118. The molecule has 1 amide bonds. The Hall–Kier alpha value is -2.67. The number of thioether (sulfide) groups is 1. The van der Waals surface area contributed by atoms with Crippen molar-refractivity contribution < 1.29 is 13.7 Å². The van der Waals surface area contributed by atoms with Crippen molar-refractivity contribution in [3.05, 3.63) is 71.4 Å². The fraction of sp³-hybridized carbons (Fsp3) is 0.211. The summed E-state index contributed by atoms with van der Waals surface area (Å²) in [6.07, 6.45) is 0. The average Bonchev–Trinajstić information content (AvgIpc) is 3.11. The Bertz CT molecular complexity index is 863. The molecule has 0 unspecified atom stereocenters.